The molecule has 112 valence electrons. The van der Waals surface area contributed by atoms with Gasteiger partial charge in [0.05, 0.1) is 6.10 Å². The van der Waals surface area contributed by atoms with Gasteiger partial charge in [0.15, 0.2) is 0 Å². The molecule has 2 N–H and O–H groups in total. The molecule has 20 heavy (non-hydrogen) atoms. The van der Waals surface area contributed by atoms with Gasteiger partial charge in [-0.25, -0.2) is 4.98 Å². The number of nitrogens with zero attached hydrogens (tertiary/aromatic N) is 1. The fourth-order valence-electron chi connectivity index (χ4n) is 2.16. The van der Waals surface area contributed by atoms with E-state index in [9.17, 15) is 9.90 Å². The highest BCUT2D eigenvalue weighted by molar-refractivity contribution is 6.29. The number of amides is 1. The van der Waals surface area contributed by atoms with Gasteiger partial charge in [-0.3, -0.25) is 4.79 Å². The predicted molar refractivity (Wildman–Crippen MR) is 81.0 cm³/mol. The van der Waals surface area contributed by atoms with Crippen molar-refractivity contribution in [3.05, 3.63) is 28.5 Å². The lowest BCUT2D eigenvalue weighted by Gasteiger charge is -2.20. The SMILES string of the molecule is CCc1cc(C(=O)NCC(O)C(CC)CC)cc(Cl)n1. The minimum Gasteiger partial charge on any atom is -0.391 e. The fourth-order valence-corrected chi connectivity index (χ4v) is 2.39. The topological polar surface area (TPSA) is 62.2 Å². The molecule has 0 saturated heterocycles. The molecule has 4 nitrogen and oxygen atoms in total. The second-order valence-corrected chi connectivity index (χ2v) is 5.26. The van der Waals surface area contributed by atoms with Crippen LogP contribution < -0.4 is 5.32 Å². The van der Waals surface area contributed by atoms with Gasteiger partial charge >= 0.3 is 0 Å². The van der Waals surface area contributed by atoms with Crippen molar-refractivity contribution in [1.82, 2.24) is 10.3 Å². The molecule has 0 spiro atoms. The number of aliphatic hydroxyl groups excluding tert-OH is 1. The number of nitrogens with one attached hydrogen (secondary N) is 1. The molecule has 0 fully saturated rings. The van der Waals surface area contributed by atoms with Crippen LogP contribution in [0.4, 0.5) is 0 Å². The van der Waals surface area contributed by atoms with Crippen molar-refractivity contribution in [2.45, 2.75) is 46.1 Å². The van der Waals surface area contributed by atoms with Crippen molar-refractivity contribution < 1.29 is 9.90 Å². The van der Waals surface area contributed by atoms with Crippen molar-refractivity contribution >= 4 is 17.5 Å². The third kappa shape index (κ3) is 4.76. The molecule has 1 aromatic heterocycles. The van der Waals surface area contributed by atoms with E-state index in [2.05, 4.69) is 10.3 Å². The Morgan fingerprint density at radius 1 is 1.35 bits per heavy atom. The van der Waals surface area contributed by atoms with Crippen LogP contribution in [0, 0.1) is 5.92 Å². The molecule has 0 bridgehead atoms. The average Bonchev–Trinajstić information content (AvgIpc) is 2.45. The van der Waals surface area contributed by atoms with E-state index in [1.54, 1.807) is 12.1 Å². The number of halogens is 1. The molecule has 0 saturated carbocycles. The lowest BCUT2D eigenvalue weighted by molar-refractivity contribution is 0.0816. The summed E-state index contributed by atoms with van der Waals surface area (Å²) in [4.78, 5) is 16.2. The Bertz CT molecular complexity index is 447. The van der Waals surface area contributed by atoms with E-state index in [-0.39, 0.29) is 18.4 Å². The smallest absolute Gasteiger partial charge is 0.251 e. The lowest BCUT2D eigenvalue weighted by atomic mass is 9.96. The Balaban J connectivity index is 2.65. The monoisotopic (exact) mass is 298 g/mol. The molecule has 1 amide bonds. The van der Waals surface area contributed by atoms with Crippen molar-refractivity contribution in [3.63, 3.8) is 0 Å². The van der Waals surface area contributed by atoms with Gasteiger partial charge in [0, 0.05) is 17.8 Å². The Morgan fingerprint density at radius 2 is 2.00 bits per heavy atom. The Morgan fingerprint density at radius 3 is 2.55 bits per heavy atom. The standard InChI is InChI=1S/C15H23ClN2O2/c1-4-10(5-2)13(19)9-17-15(20)11-7-12(6-3)18-14(16)8-11/h7-8,10,13,19H,4-6,9H2,1-3H3,(H,17,20). The van der Waals surface area contributed by atoms with Crippen molar-refractivity contribution in [1.29, 1.82) is 0 Å². The third-order valence-corrected chi connectivity index (χ3v) is 3.73. The first-order chi connectivity index (χ1) is 9.51. The number of rotatable bonds is 7. The molecule has 1 rings (SSSR count). The number of pyridine rings is 1. The maximum atomic E-state index is 12.1. The number of carbonyl (C=O) groups excluding carboxylic acids is 1. The zero-order valence-electron chi connectivity index (χ0n) is 12.3. The molecule has 0 radical (unpaired) electrons. The van der Waals surface area contributed by atoms with Gasteiger partial charge in [-0.2, -0.15) is 0 Å². The van der Waals surface area contributed by atoms with Crippen LogP contribution in [0.1, 0.15) is 49.7 Å². The fraction of sp³-hybridized carbons (Fsp3) is 0.600. The number of aryl methyl sites for hydroxylation is 1. The van der Waals surface area contributed by atoms with Crippen LogP contribution >= 0.6 is 11.6 Å². The highest BCUT2D eigenvalue weighted by atomic mass is 35.5. The Hall–Kier alpha value is -1.13. The van der Waals surface area contributed by atoms with E-state index in [0.717, 1.165) is 25.0 Å². The Labute approximate surface area is 125 Å². The van der Waals surface area contributed by atoms with Crippen molar-refractivity contribution in [3.8, 4) is 0 Å². The van der Waals surface area contributed by atoms with Crippen LogP contribution in [0.15, 0.2) is 12.1 Å². The first-order valence-corrected chi connectivity index (χ1v) is 7.52. The summed E-state index contributed by atoms with van der Waals surface area (Å²) in [7, 11) is 0. The average molecular weight is 299 g/mol. The van der Waals surface area contributed by atoms with Gasteiger partial charge in [0.25, 0.3) is 5.91 Å². The van der Waals surface area contributed by atoms with Gasteiger partial charge in [0.2, 0.25) is 0 Å². The number of hydrogen-bond acceptors (Lipinski definition) is 3. The van der Waals surface area contributed by atoms with Gasteiger partial charge in [-0.1, -0.05) is 45.2 Å². The van der Waals surface area contributed by atoms with Crippen LogP contribution in [-0.4, -0.2) is 28.6 Å². The summed E-state index contributed by atoms with van der Waals surface area (Å²) in [5.74, 6) is -0.0171. The van der Waals surface area contributed by atoms with Gasteiger partial charge in [0.1, 0.15) is 5.15 Å². The minimum atomic E-state index is -0.517. The van der Waals surface area contributed by atoms with Gasteiger partial charge < -0.3 is 10.4 Å². The summed E-state index contributed by atoms with van der Waals surface area (Å²) >= 11 is 5.89. The second-order valence-electron chi connectivity index (χ2n) is 4.88. The van der Waals surface area contributed by atoms with Crippen LogP contribution in [0.5, 0.6) is 0 Å². The van der Waals surface area contributed by atoms with E-state index in [4.69, 9.17) is 11.6 Å². The molecule has 1 atom stereocenters. The minimum absolute atomic E-state index is 0.211. The number of carbonyl (C=O) groups is 1. The second kappa shape index (κ2) is 8.22. The van der Waals surface area contributed by atoms with Crippen LogP contribution in [0.25, 0.3) is 0 Å². The summed E-state index contributed by atoms with van der Waals surface area (Å²) in [6.45, 7) is 6.29. The van der Waals surface area contributed by atoms with E-state index in [1.165, 1.54) is 0 Å². The summed E-state index contributed by atoms with van der Waals surface area (Å²) in [5, 5.41) is 13.1. The third-order valence-electron chi connectivity index (χ3n) is 3.54. The highest BCUT2D eigenvalue weighted by Crippen LogP contribution is 2.14. The van der Waals surface area contributed by atoms with Crippen LogP contribution in [0.2, 0.25) is 5.15 Å². The first kappa shape index (κ1) is 16.9. The van der Waals surface area contributed by atoms with Crippen LogP contribution in [-0.2, 0) is 6.42 Å². The zero-order chi connectivity index (χ0) is 15.1. The molecule has 1 heterocycles. The van der Waals surface area contributed by atoms with Gasteiger partial charge in [-0.15, -0.1) is 0 Å². The van der Waals surface area contributed by atoms with E-state index < -0.39 is 6.10 Å². The quantitative estimate of drug-likeness (QED) is 0.761. The normalized spacial score (nSPS) is 12.5. The highest BCUT2D eigenvalue weighted by Gasteiger charge is 2.17. The number of aromatic nitrogens is 1. The summed E-state index contributed by atoms with van der Waals surface area (Å²) in [6.07, 6.45) is 2.00. The number of hydrogen-bond donors (Lipinski definition) is 2. The summed E-state index contributed by atoms with van der Waals surface area (Å²) < 4.78 is 0. The molecule has 1 aromatic rings. The van der Waals surface area contributed by atoms with Crippen molar-refractivity contribution in [2.75, 3.05) is 6.54 Å². The summed E-state index contributed by atoms with van der Waals surface area (Å²) in [5.41, 5.74) is 1.27. The molecule has 1 unspecified atom stereocenters. The lowest BCUT2D eigenvalue weighted by Crippen LogP contribution is -2.36. The zero-order valence-corrected chi connectivity index (χ0v) is 13.1. The molecular weight excluding hydrogens is 276 g/mol. The van der Waals surface area contributed by atoms with E-state index in [1.807, 2.05) is 20.8 Å². The van der Waals surface area contributed by atoms with Crippen molar-refractivity contribution in [2.24, 2.45) is 5.92 Å². The summed E-state index contributed by atoms with van der Waals surface area (Å²) in [6, 6.07) is 3.27. The maximum Gasteiger partial charge on any atom is 0.251 e. The molecule has 0 aliphatic carbocycles. The largest absolute Gasteiger partial charge is 0.391 e. The molecule has 0 aliphatic rings. The van der Waals surface area contributed by atoms with Gasteiger partial charge in [-0.05, 0) is 24.5 Å². The maximum absolute atomic E-state index is 12.1. The predicted octanol–water partition coefficient (Wildman–Crippen LogP) is 2.82. The molecule has 5 heteroatoms. The Kier molecular flexibility index (Phi) is 6.96. The van der Waals surface area contributed by atoms with E-state index >= 15 is 0 Å². The molecule has 0 aliphatic heterocycles. The molecular formula is C15H23ClN2O2. The molecule has 0 aromatic carbocycles. The first-order valence-electron chi connectivity index (χ1n) is 7.14. The number of aliphatic hydroxyl groups is 1. The van der Waals surface area contributed by atoms with E-state index in [0.29, 0.717) is 10.7 Å². The van der Waals surface area contributed by atoms with Crippen LogP contribution in [0.3, 0.4) is 0 Å².